The number of aromatic amines is 1. The van der Waals surface area contributed by atoms with Crippen LogP contribution in [0, 0.1) is 5.92 Å². The van der Waals surface area contributed by atoms with Crippen LogP contribution >= 0.6 is 0 Å². The molecule has 3 heterocycles. The third-order valence-corrected chi connectivity index (χ3v) is 6.89. The Balaban J connectivity index is 1.14. The zero-order valence-corrected chi connectivity index (χ0v) is 17.9. The van der Waals surface area contributed by atoms with Crippen LogP contribution in [0.25, 0.3) is 11.3 Å². The molecule has 2 saturated heterocycles. The number of piperidine rings is 2. The van der Waals surface area contributed by atoms with Crippen LogP contribution in [0.15, 0.2) is 36.4 Å². The van der Waals surface area contributed by atoms with E-state index in [4.69, 9.17) is 0 Å². The van der Waals surface area contributed by atoms with Crippen molar-refractivity contribution in [1.82, 2.24) is 25.3 Å². The van der Waals surface area contributed by atoms with Crippen LogP contribution in [-0.4, -0.2) is 70.1 Å². The number of hydrogen-bond donors (Lipinski definition) is 2. The Morgan fingerprint density at radius 3 is 2.52 bits per heavy atom. The van der Waals surface area contributed by atoms with Crippen molar-refractivity contribution in [2.45, 2.75) is 50.6 Å². The first-order valence-corrected chi connectivity index (χ1v) is 11.6. The molecule has 31 heavy (non-hydrogen) atoms. The van der Waals surface area contributed by atoms with Gasteiger partial charge in [0.2, 0.25) is 5.91 Å². The number of rotatable bonds is 5. The van der Waals surface area contributed by atoms with Gasteiger partial charge in [-0.15, -0.1) is 0 Å². The SMILES string of the molecule is O=C(NC1CC1)C1CCCN(C2CCN(C(=O)c3cc(-c4ccccc4)n[nH]3)CC2)C1. The van der Waals surface area contributed by atoms with E-state index in [9.17, 15) is 9.59 Å². The Hall–Kier alpha value is -2.67. The highest BCUT2D eigenvalue weighted by Crippen LogP contribution is 2.26. The first-order chi connectivity index (χ1) is 15.2. The molecule has 0 bridgehead atoms. The Bertz CT molecular complexity index is 915. The van der Waals surface area contributed by atoms with E-state index in [-0.39, 0.29) is 17.7 Å². The van der Waals surface area contributed by atoms with E-state index in [1.165, 1.54) is 0 Å². The van der Waals surface area contributed by atoms with Crippen LogP contribution in [0.5, 0.6) is 0 Å². The summed E-state index contributed by atoms with van der Waals surface area (Å²) in [6.45, 7) is 3.42. The lowest BCUT2D eigenvalue weighted by atomic mass is 9.93. The van der Waals surface area contributed by atoms with Gasteiger partial charge >= 0.3 is 0 Å². The third-order valence-electron chi connectivity index (χ3n) is 6.89. The van der Waals surface area contributed by atoms with Gasteiger partial charge in [-0.1, -0.05) is 30.3 Å². The predicted octanol–water partition coefficient (Wildman–Crippen LogP) is 2.67. The number of carbonyl (C=O) groups is 2. The molecule has 1 atom stereocenters. The molecular formula is C24H31N5O2. The van der Waals surface area contributed by atoms with E-state index < -0.39 is 0 Å². The average molecular weight is 422 g/mol. The topological polar surface area (TPSA) is 81.3 Å². The van der Waals surface area contributed by atoms with Gasteiger partial charge in [-0.3, -0.25) is 19.6 Å². The van der Waals surface area contributed by atoms with Crippen molar-refractivity contribution in [2.24, 2.45) is 5.92 Å². The van der Waals surface area contributed by atoms with Crippen molar-refractivity contribution < 1.29 is 9.59 Å². The number of aromatic nitrogens is 2. The summed E-state index contributed by atoms with van der Waals surface area (Å²) in [5.41, 5.74) is 2.34. The summed E-state index contributed by atoms with van der Waals surface area (Å²) in [6.07, 6.45) is 6.27. The first-order valence-electron chi connectivity index (χ1n) is 11.6. The van der Waals surface area contributed by atoms with Crippen LogP contribution in [0.4, 0.5) is 0 Å². The van der Waals surface area contributed by atoms with Crippen molar-refractivity contribution in [3.05, 3.63) is 42.1 Å². The van der Waals surface area contributed by atoms with E-state index in [1.807, 2.05) is 41.3 Å². The summed E-state index contributed by atoms with van der Waals surface area (Å²) < 4.78 is 0. The second kappa shape index (κ2) is 8.83. The summed E-state index contributed by atoms with van der Waals surface area (Å²) in [7, 11) is 0. The number of nitrogens with zero attached hydrogens (tertiary/aromatic N) is 3. The van der Waals surface area contributed by atoms with E-state index in [1.54, 1.807) is 0 Å². The molecule has 2 N–H and O–H groups in total. The summed E-state index contributed by atoms with van der Waals surface area (Å²) in [4.78, 5) is 29.9. The zero-order chi connectivity index (χ0) is 21.2. The first kappa shape index (κ1) is 20.2. The molecule has 3 aliphatic rings. The highest BCUT2D eigenvalue weighted by molar-refractivity contribution is 5.93. The van der Waals surface area contributed by atoms with E-state index >= 15 is 0 Å². The van der Waals surface area contributed by atoms with Gasteiger partial charge in [0, 0.05) is 37.3 Å². The fraction of sp³-hybridized carbons (Fsp3) is 0.542. The molecule has 1 aromatic heterocycles. The van der Waals surface area contributed by atoms with Gasteiger partial charge in [0.1, 0.15) is 5.69 Å². The maximum absolute atomic E-state index is 13.0. The lowest BCUT2D eigenvalue weighted by Crippen LogP contribution is -2.51. The van der Waals surface area contributed by atoms with Crippen LogP contribution in [0.2, 0.25) is 0 Å². The smallest absolute Gasteiger partial charge is 0.271 e. The minimum absolute atomic E-state index is 0.0217. The summed E-state index contributed by atoms with van der Waals surface area (Å²) in [6, 6.07) is 12.6. The molecule has 2 amide bonds. The van der Waals surface area contributed by atoms with Crippen molar-refractivity contribution >= 4 is 11.8 Å². The molecule has 7 nitrogen and oxygen atoms in total. The molecule has 1 aromatic carbocycles. The van der Waals surface area contributed by atoms with E-state index in [0.717, 1.165) is 76.0 Å². The zero-order valence-electron chi connectivity index (χ0n) is 17.9. The fourth-order valence-corrected chi connectivity index (χ4v) is 4.89. The van der Waals surface area contributed by atoms with Crippen LogP contribution in [0.1, 0.15) is 49.0 Å². The lowest BCUT2D eigenvalue weighted by Gasteiger charge is -2.42. The lowest BCUT2D eigenvalue weighted by molar-refractivity contribution is -0.127. The van der Waals surface area contributed by atoms with Crippen LogP contribution in [-0.2, 0) is 4.79 Å². The van der Waals surface area contributed by atoms with Gasteiger partial charge in [-0.05, 0) is 51.1 Å². The van der Waals surface area contributed by atoms with Gasteiger partial charge < -0.3 is 10.2 Å². The number of amides is 2. The maximum Gasteiger partial charge on any atom is 0.271 e. The van der Waals surface area contributed by atoms with Crippen molar-refractivity contribution in [2.75, 3.05) is 26.2 Å². The quantitative estimate of drug-likeness (QED) is 0.778. The molecule has 3 fully saturated rings. The molecular weight excluding hydrogens is 390 g/mol. The minimum Gasteiger partial charge on any atom is -0.353 e. The minimum atomic E-state index is 0.0217. The molecule has 1 aliphatic carbocycles. The normalized spacial score (nSPS) is 23.0. The van der Waals surface area contributed by atoms with E-state index in [2.05, 4.69) is 20.4 Å². The predicted molar refractivity (Wildman–Crippen MR) is 118 cm³/mol. The van der Waals surface area contributed by atoms with Gasteiger partial charge in [-0.25, -0.2) is 0 Å². The molecule has 0 radical (unpaired) electrons. The largest absolute Gasteiger partial charge is 0.353 e. The Kier molecular flexibility index (Phi) is 5.76. The standard InChI is InChI=1S/C24H31N5O2/c30-23(25-19-8-9-19)18-7-4-12-29(16-18)20-10-13-28(14-11-20)24(31)22-15-21(26-27-22)17-5-2-1-3-6-17/h1-3,5-6,15,18-20H,4,7-14,16H2,(H,25,30)(H,26,27). The molecule has 2 aromatic rings. The van der Waals surface area contributed by atoms with Crippen molar-refractivity contribution in [1.29, 1.82) is 0 Å². The number of benzene rings is 1. The van der Waals surface area contributed by atoms with Gasteiger partial charge in [0.05, 0.1) is 11.6 Å². The summed E-state index contributed by atoms with van der Waals surface area (Å²) in [5.74, 6) is 0.386. The van der Waals surface area contributed by atoms with Crippen molar-refractivity contribution in [3.8, 4) is 11.3 Å². The van der Waals surface area contributed by atoms with Gasteiger partial charge in [-0.2, -0.15) is 5.10 Å². The Labute approximate surface area is 183 Å². The summed E-state index contributed by atoms with van der Waals surface area (Å²) in [5, 5.41) is 10.4. The number of carbonyl (C=O) groups excluding carboxylic acids is 2. The third kappa shape index (κ3) is 4.66. The number of nitrogens with one attached hydrogen (secondary N) is 2. The molecule has 5 rings (SSSR count). The molecule has 0 spiro atoms. The second-order valence-corrected chi connectivity index (χ2v) is 9.17. The van der Waals surface area contributed by atoms with Crippen LogP contribution in [0.3, 0.4) is 0 Å². The van der Waals surface area contributed by atoms with E-state index in [0.29, 0.717) is 17.8 Å². The molecule has 2 aliphatic heterocycles. The Morgan fingerprint density at radius 1 is 1.00 bits per heavy atom. The molecule has 1 saturated carbocycles. The average Bonchev–Trinajstić information content (AvgIpc) is 3.50. The molecule has 7 heteroatoms. The summed E-state index contributed by atoms with van der Waals surface area (Å²) >= 11 is 0. The van der Waals surface area contributed by atoms with Crippen molar-refractivity contribution in [3.63, 3.8) is 0 Å². The number of H-pyrrole nitrogens is 1. The van der Waals surface area contributed by atoms with Gasteiger partial charge in [0.15, 0.2) is 0 Å². The van der Waals surface area contributed by atoms with Gasteiger partial charge in [0.25, 0.3) is 5.91 Å². The fourth-order valence-electron chi connectivity index (χ4n) is 4.89. The molecule has 164 valence electrons. The van der Waals surface area contributed by atoms with Crippen LogP contribution < -0.4 is 5.32 Å². The monoisotopic (exact) mass is 421 g/mol. The number of hydrogen-bond acceptors (Lipinski definition) is 4. The second-order valence-electron chi connectivity index (χ2n) is 9.17. The number of likely N-dealkylation sites (tertiary alicyclic amines) is 2. The Morgan fingerprint density at radius 2 is 1.77 bits per heavy atom. The highest BCUT2D eigenvalue weighted by Gasteiger charge is 2.34. The molecule has 1 unspecified atom stereocenters. The maximum atomic E-state index is 13.0. The highest BCUT2D eigenvalue weighted by atomic mass is 16.2.